The van der Waals surface area contributed by atoms with Crippen molar-refractivity contribution in [2.45, 2.75) is 13.2 Å². The van der Waals surface area contributed by atoms with Gasteiger partial charge in [-0.2, -0.15) is 0 Å². The molecule has 174 valence electrons. The largest absolute Gasteiger partial charge is 0.493 e. The number of benzene rings is 2. The van der Waals surface area contributed by atoms with Crippen molar-refractivity contribution >= 4 is 68.1 Å². The lowest BCUT2D eigenvalue weighted by atomic mass is 10.1. The average molecular weight is 580 g/mol. The Morgan fingerprint density at radius 3 is 2.56 bits per heavy atom. The summed E-state index contributed by atoms with van der Waals surface area (Å²) in [5.41, 5.74) is 1.95. The predicted molar refractivity (Wildman–Crippen MR) is 137 cm³/mol. The zero-order chi connectivity index (χ0) is 24.2. The molecule has 0 saturated carbocycles. The summed E-state index contributed by atoms with van der Waals surface area (Å²) in [4.78, 5) is 31.2. The molecule has 0 unspecified atom stereocenters. The molecule has 34 heavy (non-hydrogen) atoms. The van der Waals surface area contributed by atoms with Gasteiger partial charge in [0.2, 0.25) is 0 Å². The van der Waals surface area contributed by atoms with E-state index in [1.807, 2.05) is 18.2 Å². The predicted octanol–water partition coefficient (Wildman–Crippen LogP) is 6.98. The minimum Gasteiger partial charge on any atom is -0.493 e. The van der Waals surface area contributed by atoms with E-state index in [0.29, 0.717) is 37.1 Å². The second kappa shape index (κ2) is 10.8. The lowest BCUT2D eigenvalue weighted by molar-refractivity contribution is -0.123. The summed E-state index contributed by atoms with van der Waals surface area (Å²) in [5, 5.41) is 0.393. The Labute approximate surface area is 219 Å². The first kappa shape index (κ1) is 24.6. The molecule has 0 aliphatic carbocycles. The van der Waals surface area contributed by atoms with E-state index in [9.17, 15) is 9.59 Å². The van der Waals surface area contributed by atoms with Crippen LogP contribution in [0.5, 0.6) is 11.5 Å². The van der Waals surface area contributed by atoms with Gasteiger partial charge in [-0.3, -0.25) is 19.5 Å². The fourth-order valence-electron chi connectivity index (χ4n) is 3.22. The Morgan fingerprint density at radius 2 is 1.88 bits per heavy atom. The fraction of sp³-hybridized carbons (Fsp3) is 0.125. The number of amides is 2. The van der Waals surface area contributed by atoms with Gasteiger partial charge in [-0.05, 0) is 75.7 Å². The lowest BCUT2D eigenvalue weighted by Gasteiger charge is -2.15. The number of pyridine rings is 1. The number of carbonyl (C=O) groups excluding carboxylic acids is 2. The Balaban J connectivity index is 1.56. The summed E-state index contributed by atoms with van der Waals surface area (Å²) in [7, 11) is 1.53. The Kier molecular flexibility index (Phi) is 7.83. The van der Waals surface area contributed by atoms with Crippen LogP contribution in [0, 0.1) is 0 Å². The van der Waals surface area contributed by atoms with Crippen LogP contribution in [-0.4, -0.2) is 28.1 Å². The van der Waals surface area contributed by atoms with Gasteiger partial charge < -0.3 is 9.47 Å². The van der Waals surface area contributed by atoms with E-state index < -0.39 is 11.1 Å². The highest BCUT2D eigenvalue weighted by Gasteiger charge is 2.35. The molecular formula is C24H17BrCl2N2O4S. The molecule has 2 amide bonds. The summed E-state index contributed by atoms with van der Waals surface area (Å²) < 4.78 is 12.0. The number of imide groups is 1. The van der Waals surface area contributed by atoms with Crippen LogP contribution >= 0.6 is 50.9 Å². The third kappa shape index (κ3) is 5.41. The number of nitrogens with zero attached hydrogens (tertiary/aromatic N) is 2. The Bertz CT molecular complexity index is 1270. The van der Waals surface area contributed by atoms with Crippen LogP contribution in [0.15, 0.2) is 64.1 Å². The van der Waals surface area contributed by atoms with Crippen molar-refractivity contribution in [2.24, 2.45) is 0 Å². The molecule has 4 rings (SSSR count). The molecule has 0 bridgehead atoms. The third-order valence-corrected chi connectivity index (χ3v) is 7.10. The van der Waals surface area contributed by atoms with Crippen molar-refractivity contribution in [3.05, 3.63) is 91.0 Å². The highest BCUT2D eigenvalue weighted by molar-refractivity contribution is 9.10. The Hall–Kier alpha value is -2.52. The zero-order valence-electron chi connectivity index (χ0n) is 17.8. The van der Waals surface area contributed by atoms with Crippen LogP contribution in [0.1, 0.15) is 16.8 Å². The Morgan fingerprint density at radius 1 is 1.12 bits per heavy atom. The first-order valence-corrected chi connectivity index (χ1v) is 12.3. The van der Waals surface area contributed by atoms with Gasteiger partial charge in [0.25, 0.3) is 11.1 Å². The summed E-state index contributed by atoms with van der Waals surface area (Å²) in [5.74, 6) is 0.557. The molecule has 0 radical (unpaired) electrons. The van der Waals surface area contributed by atoms with E-state index in [-0.39, 0.29) is 18.1 Å². The van der Waals surface area contributed by atoms with Crippen LogP contribution < -0.4 is 9.47 Å². The number of hydrogen-bond acceptors (Lipinski definition) is 6. The number of ether oxygens (including phenoxy) is 2. The fourth-order valence-corrected chi connectivity index (χ4v) is 5.15. The second-order valence-electron chi connectivity index (χ2n) is 7.11. The van der Waals surface area contributed by atoms with Crippen LogP contribution in [0.3, 0.4) is 0 Å². The molecule has 2 heterocycles. The van der Waals surface area contributed by atoms with Crippen LogP contribution in [0.25, 0.3) is 6.08 Å². The third-order valence-electron chi connectivity index (χ3n) is 4.89. The number of rotatable bonds is 7. The summed E-state index contributed by atoms with van der Waals surface area (Å²) in [6.07, 6.45) is 3.33. The van der Waals surface area contributed by atoms with Gasteiger partial charge in [-0.1, -0.05) is 35.3 Å². The highest BCUT2D eigenvalue weighted by atomic mass is 79.9. The number of hydrogen-bond donors (Lipinski definition) is 0. The number of carbonyl (C=O) groups is 2. The van der Waals surface area contributed by atoms with E-state index in [0.717, 1.165) is 22.4 Å². The lowest BCUT2D eigenvalue weighted by Crippen LogP contribution is -2.27. The highest BCUT2D eigenvalue weighted by Crippen LogP contribution is 2.40. The standard InChI is InChI=1S/C24H17BrCl2N2O4S/c1-32-20-10-14(9-17(25)22(20)33-13-15-5-2-3-8-28-15)11-21-23(30)29(24(31)34-21)12-16-18(26)6-4-7-19(16)27/h2-11H,12-13H2,1H3/b21-11-. The van der Waals surface area contributed by atoms with Gasteiger partial charge in [0.05, 0.1) is 28.7 Å². The van der Waals surface area contributed by atoms with E-state index in [1.165, 1.54) is 7.11 Å². The van der Waals surface area contributed by atoms with Crippen molar-refractivity contribution in [1.29, 1.82) is 0 Å². The second-order valence-corrected chi connectivity index (χ2v) is 9.77. The van der Waals surface area contributed by atoms with Crippen LogP contribution in [0.2, 0.25) is 10.0 Å². The maximum atomic E-state index is 13.0. The molecule has 10 heteroatoms. The van der Waals surface area contributed by atoms with Crippen molar-refractivity contribution in [2.75, 3.05) is 7.11 Å². The summed E-state index contributed by atoms with van der Waals surface area (Å²) >= 11 is 16.8. The van der Waals surface area contributed by atoms with E-state index in [2.05, 4.69) is 20.9 Å². The quantitative estimate of drug-likeness (QED) is 0.281. The number of aromatic nitrogens is 1. The normalized spacial score (nSPS) is 14.7. The van der Waals surface area contributed by atoms with E-state index in [1.54, 1.807) is 42.6 Å². The molecule has 0 N–H and O–H groups in total. The van der Waals surface area contributed by atoms with Gasteiger partial charge in [-0.25, -0.2) is 0 Å². The molecule has 1 aliphatic rings. The number of halogens is 3. The topological polar surface area (TPSA) is 68.7 Å². The zero-order valence-corrected chi connectivity index (χ0v) is 21.7. The maximum absolute atomic E-state index is 13.0. The summed E-state index contributed by atoms with van der Waals surface area (Å²) in [6, 6.07) is 14.1. The molecular weight excluding hydrogens is 563 g/mol. The van der Waals surface area contributed by atoms with Crippen LogP contribution in [0.4, 0.5) is 4.79 Å². The average Bonchev–Trinajstić information content (AvgIpc) is 3.08. The molecule has 0 atom stereocenters. The first-order valence-electron chi connectivity index (χ1n) is 9.96. The molecule has 1 fully saturated rings. The van der Waals surface area contributed by atoms with Crippen molar-refractivity contribution in [3.63, 3.8) is 0 Å². The summed E-state index contributed by atoms with van der Waals surface area (Å²) in [6.45, 7) is 0.256. The van der Waals surface area contributed by atoms with Crippen molar-refractivity contribution in [3.8, 4) is 11.5 Å². The number of thioether (sulfide) groups is 1. The van der Waals surface area contributed by atoms with Crippen LogP contribution in [-0.2, 0) is 17.9 Å². The molecule has 1 aliphatic heterocycles. The van der Waals surface area contributed by atoms with E-state index >= 15 is 0 Å². The van der Waals surface area contributed by atoms with Gasteiger partial charge in [0.15, 0.2) is 11.5 Å². The minimum absolute atomic E-state index is 0.00612. The maximum Gasteiger partial charge on any atom is 0.293 e. The molecule has 0 spiro atoms. The minimum atomic E-state index is -0.420. The molecule has 6 nitrogen and oxygen atoms in total. The van der Waals surface area contributed by atoms with Gasteiger partial charge in [0, 0.05) is 21.8 Å². The first-order chi connectivity index (χ1) is 16.4. The van der Waals surface area contributed by atoms with Crippen molar-refractivity contribution < 1.29 is 19.1 Å². The molecule has 1 aromatic heterocycles. The monoisotopic (exact) mass is 578 g/mol. The molecule has 1 saturated heterocycles. The van der Waals surface area contributed by atoms with E-state index in [4.69, 9.17) is 32.7 Å². The molecule has 3 aromatic rings. The van der Waals surface area contributed by atoms with Gasteiger partial charge in [-0.15, -0.1) is 0 Å². The number of methoxy groups -OCH3 is 1. The van der Waals surface area contributed by atoms with Crippen molar-refractivity contribution in [1.82, 2.24) is 9.88 Å². The van der Waals surface area contributed by atoms with Gasteiger partial charge in [0.1, 0.15) is 6.61 Å². The smallest absolute Gasteiger partial charge is 0.293 e. The SMILES string of the molecule is COc1cc(/C=C2\SC(=O)N(Cc3c(Cl)cccc3Cl)C2=O)cc(Br)c1OCc1ccccn1. The van der Waals surface area contributed by atoms with Gasteiger partial charge >= 0.3 is 0 Å². The molecule has 2 aromatic carbocycles.